The summed E-state index contributed by atoms with van der Waals surface area (Å²) in [5.74, 6) is 0.0190. The predicted octanol–water partition coefficient (Wildman–Crippen LogP) is 2.36. The number of Topliss-reactive ketones (excluding diaryl/α,β-unsaturated/α-hetero) is 2. The predicted molar refractivity (Wildman–Crippen MR) is 51.4 cm³/mol. The van der Waals surface area contributed by atoms with E-state index in [1.165, 1.54) is 0 Å². The Kier molecular flexibility index (Phi) is 2.89. The van der Waals surface area contributed by atoms with E-state index in [1.807, 2.05) is 20.8 Å². The number of ketones is 2. The Hall–Kier alpha value is -0.660. The minimum Gasteiger partial charge on any atom is -0.299 e. The molecule has 0 bridgehead atoms. The first-order chi connectivity index (χ1) is 5.99. The molecular formula is C11H18O2. The Morgan fingerprint density at radius 1 is 1.38 bits per heavy atom. The van der Waals surface area contributed by atoms with Gasteiger partial charge in [0, 0.05) is 11.8 Å². The van der Waals surface area contributed by atoms with Crippen LogP contribution in [0.3, 0.4) is 0 Å². The van der Waals surface area contributed by atoms with E-state index < -0.39 is 0 Å². The summed E-state index contributed by atoms with van der Waals surface area (Å²) in [5.41, 5.74) is -0.270. The molecule has 0 radical (unpaired) electrons. The van der Waals surface area contributed by atoms with Crippen molar-refractivity contribution < 1.29 is 9.59 Å². The van der Waals surface area contributed by atoms with Gasteiger partial charge in [-0.15, -0.1) is 0 Å². The highest BCUT2D eigenvalue weighted by Crippen LogP contribution is 2.35. The molecule has 0 aromatic carbocycles. The summed E-state index contributed by atoms with van der Waals surface area (Å²) in [7, 11) is 0. The average molecular weight is 182 g/mol. The second-order valence-electron chi connectivity index (χ2n) is 4.56. The molecule has 0 aromatic heterocycles. The van der Waals surface area contributed by atoms with Crippen LogP contribution in [0.15, 0.2) is 0 Å². The zero-order valence-electron chi connectivity index (χ0n) is 8.72. The highest BCUT2D eigenvalue weighted by Gasteiger charge is 2.41. The third-order valence-corrected chi connectivity index (χ3v) is 2.95. The van der Waals surface area contributed by atoms with Gasteiger partial charge >= 0.3 is 0 Å². The lowest BCUT2D eigenvalue weighted by Gasteiger charge is -2.32. The maximum Gasteiger partial charge on any atom is 0.148 e. The molecular weight excluding hydrogens is 164 g/mol. The SMILES string of the molecule is CCCC1C(=O)CCC(C)(C)C1=O. The van der Waals surface area contributed by atoms with Gasteiger partial charge in [-0.05, 0) is 12.8 Å². The first kappa shape index (κ1) is 10.4. The molecule has 1 fully saturated rings. The number of carbonyl (C=O) groups is 2. The Bertz CT molecular complexity index is 228. The Morgan fingerprint density at radius 2 is 2.00 bits per heavy atom. The Balaban J connectivity index is 2.79. The molecule has 1 saturated carbocycles. The largest absolute Gasteiger partial charge is 0.299 e. The molecule has 2 heteroatoms. The van der Waals surface area contributed by atoms with Gasteiger partial charge in [-0.1, -0.05) is 27.2 Å². The summed E-state index contributed by atoms with van der Waals surface area (Å²) < 4.78 is 0. The van der Waals surface area contributed by atoms with Crippen LogP contribution >= 0.6 is 0 Å². The lowest BCUT2D eigenvalue weighted by molar-refractivity contribution is -0.143. The number of carbonyl (C=O) groups excluding carboxylic acids is 2. The fourth-order valence-corrected chi connectivity index (χ4v) is 1.93. The molecule has 2 nitrogen and oxygen atoms in total. The summed E-state index contributed by atoms with van der Waals surface area (Å²) in [5, 5.41) is 0. The molecule has 1 rings (SSSR count). The smallest absolute Gasteiger partial charge is 0.148 e. The lowest BCUT2D eigenvalue weighted by atomic mass is 9.69. The molecule has 0 heterocycles. The molecule has 0 amide bonds. The van der Waals surface area contributed by atoms with Crippen molar-refractivity contribution >= 4 is 11.6 Å². The summed E-state index contributed by atoms with van der Waals surface area (Å²) >= 11 is 0. The van der Waals surface area contributed by atoms with Crippen molar-refractivity contribution in [2.45, 2.75) is 46.5 Å². The molecule has 13 heavy (non-hydrogen) atoms. The van der Waals surface area contributed by atoms with Crippen molar-refractivity contribution in [1.82, 2.24) is 0 Å². The minimum atomic E-state index is -0.297. The molecule has 74 valence electrons. The first-order valence-corrected chi connectivity index (χ1v) is 5.06. The standard InChI is InChI=1S/C11H18O2/c1-4-5-8-9(12)6-7-11(2,3)10(8)13/h8H,4-7H2,1-3H3. The van der Waals surface area contributed by atoms with Crippen LogP contribution in [-0.4, -0.2) is 11.6 Å². The molecule has 0 aromatic rings. The number of rotatable bonds is 2. The van der Waals surface area contributed by atoms with Crippen molar-refractivity contribution in [2.24, 2.45) is 11.3 Å². The van der Waals surface area contributed by atoms with E-state index >= 15 is 0 Å². The van der Waals surface area contributed by atoms with Gasteiger partial charge in [-0.25, -0.2) is 0 Å². The van der Waals surface area contributed by atoms with E-state index in [0.29, 0.717) is 6.42 Å². The molecule has 0 saturated heterocycles. The maximum atomic E-state index is 11.8. The van der Waals surface area contributed by atoms with Crippen molar-refractivity contribution in [3.63, 3.8) is 0 Å². The van der Waals surface area contributed by atoms with Crippen LogP contribution < -0.4 is 0 Å². The zero-order chi connectivity index (χ0) is 10.1. The highest BCUT2D eigenvalue weighted by molar-refractivity contribution is 6.06. The van der Waals surface area contributed by atoms with Gasteiger partial charge in [0.05, 0.1) is 5.92 Å². The van der Waals surface area contributed by atoms with E-state index in [-0.39, 0.29) is 22.9 Å². The molecule has 1 aliphatic carbocycles. The van der Waals surface area contributed by atoms with Gasteiger partial charge in [0.1, 0.15) is 11.6 Å². The summed E-state index contributed by atoms with van der Waals surface area (Å²) in [6.45, 7) is 5.91. The third kappa shape index (κ3) is 1.98. The Morgan fingerprint density at radius 3 is 2.54 bits per heavy atom. The van der Waals surface area contributed by atoms with E-state index in [2.05, 4.69) is 0 Å². The van der Waals surface area contributed by atoms with Crippen LogP contribution in [0.1, 0.15) is 46.5 Å². The van der Waals surface area contributed by atoms with Crippen molar-refractivity contribution in [1.29, 1.82) is 0 Å². The van der Waals surface area contributed by atoms with Crippen LogP contribution in [0.2, 0.25) is 0 Å². The second kappa shape index (κ2) is 3.60. The molecule has 1 atom stereocenters. The number of hydrogen-bond acceptors (Lipinski definition) is 2. The topological polar surface area (TPSA) is 34.1 Å². The lowest BCUT2D eigenvalue weighted by Crippen LogP contribution is -2.40. The van der Waals surface area contributed by atoms with Crippen LogP contribution in [0.25, 0.3) is 0 Å². The maximum absolute atomic E-state index is 11.8. The monoisotopic (exact) mass is 182 g/mol. The first-order valence-electron chi connectivity index (χ1n) is 5.06. The molecule has 0 aliphatic heterocycles. The van der Waals surface area contributed by atoms with Gasteiger partial charge in [-0.2, -0.15) is 0 Å². The van der Waals surface area contributed by atoms with Crippen LogP contribution in [0, 0.1) is 11.3 Å². The van der Waals surface area contributed by atoms with Gasteiger partial charge in [0.2, 0.25) is 0 Å². The third-order valence-electron chi connectivity index (χ3n) is 2.95. The number of hydrogen-bond donors (Lipinski definition) is 0. The van der Waals surface area contributed by atoms with Crippen LogP contribution in [0.5, 0.6) is 0 Å². The summed E-state index contributed by atoms with van der Waals surface area (Å²) in [6.07, 6.45) is 2.97. The summed E-state index contributed by atoms with van der Waals surface area (Å²) in [6, 6.07) is 0. The van der Waals surface area contributed by atoms with Gasteiger partial charge < -0.3 is 0 Å². The Labute approximate surface area is 79.7 Å². The van der Waals surface area contributed by atoms with Crippen molar-refractivity contribution in [3.05, 3.63) is 0 Å². The van der Waals surface area contributed by atoms with Crippen molar-refractivity contribution in [2.75, 3.05) is 0 Å². The quantitative estimate of drug-likeness (QED) is 0.614. The molecule has 1 unspecified atom stereocenters. The fourth-order valence-electron chi connectivity index (χ4n) is 1.93. The molecule has 0 N–H and O–H groups in total. The molecule has 1 aliphatic rings. The van der Waals surface area contributed by atoms with E-state index in [9.17, 15) is 9.59 Å². The fraction of sp³-hybridized carbons (Fsp3) is 0.818. The van der Waals surface area contributed by atoms with Crippen molar-refractivity contribution in [3.8, 4) is 0 Å². The average Bonchev–Trinajstić information content (AvgIpc) is 2.07. The van der Waals surface area contributed by atoms with Crippen LogP contribution in [0.4, 0.5) is 0 Å². The van der Waals surface area contributed by atoms with E-state index in [0.717, 1.165) is 19.3 Å². The molecule has 0 spiro atoms. The van der Waals surface area contributed by atoms with E-state index in [1.54, 1.807) is 0 Å². The summed E-state index contributed by atoms with van der Waals surface area (Å²) in [4.78, 5) is 23.3. The zero-order valence-corrected chi connectivity index (χ0v) is 8.72. The minimum absolute atomic E-state index is 0.158. The normalized spacial score (nSPS) is 27.8. The van der Waals surface area contributed by atoms with Crippen LogP contribution in [-0.2, 0) is 9.59 Å². The van der Waals surface area contributed by atoms with E-state index in [4.69, 9.17) is 0 Å². The van der Waals surface area contributed by atoms with Gasteiger partial charge in [0.25, 0.3) is 0 Å². The highest BCUT2D eigenvalue weighted by atomic mass is 16.2. The second-order valence-corrected chi connectivity index (χ2v) is 4.56. The van der Waals surface area contributed by atoms with Gasteiger partial charge in [-0.3, -0.25) is 9.59 Å². The van der Waals surface area contributed by atoms with Gasteiger partial charge in [0.15, 0.2) is 0 Å².